The number of carbonyl (C=O) groups excluding carboxylic acids is 1. The van der Waals surface area contributed by atoms with Crippen LogP contribution in [0.4, 0.5) is 0 Å². The van der Waals surface area contributed by atoms with E-state index in [1.807, 2.05) is 13.0 Å². The Morgan fingerprint density at radius 2 is 2.12 bits per heavy atom. The van der Waals surface area contributed by atoms with E-state index in [0.29, 0.717) is 5.56 Å². The topological polar surface area (TPSA) is 39.2 Å². The molecule has 0 radical (unpaired) electrons. The second kappa shape index (κ2) is 4.34. The molecule has 0 aliphatic heterocycles. The highest BCUT2D eigenvalue weighted by Crippen LogP contribution is 2.35. The fraction of sp³-hybridized carbons (Fsp3) is 0.538. The third kappa shape index (κ3) is 1.76. The zero-order chi connectivity index (χ0) is 11.6. The van der Waals surface area contributed by atoms with Crippen molar-refractivity contribution in [1.82, 2.24) is 4.98 Å². The van der Waals surface area contributed by atoms with Crippen molar-refractivity contribution in [1.29, 1.82) is 0 Å². The number of aryl methyl sites for hydroxylation is 1. The predicted molar refractivity (Wildman–Crippen MR) is 61.5 cm³/mol. The van der Waals surface area contributed by atoms with E-state index >= 15 is 0 Å². The van der Waals surface area contributed by atoms with Gasteiger partial charge in [0.05, 0.1) is 0 Å². The first-order valence-electron chi connectivity index (χ1n) is 5.70. The van der Waals surface area contributed by atoms with Crippen LogP contribution in [0.3, 0.4) is 0 Å². The normalized spacial score (nSPS) is 18.6. The average Bonchev–Trinajstić information content (AvgIpc) is 2.78. The van der Waals surface area contributed by atoms with Gasteiger partial charge in [0.2, 0.25) is 0 Å². The molecule has 0 saturated heterocycles. The van der Waals surface area contributed by atoms with Crippen molar-refractivity contribution in [3.8, 4) is 0 Å². The maximum Gasteiger partial charge on any atom is 0.196 e. The minimum Gasteiger partial charge on any atom is -0.370 e. The number of aromatic nitrogens is 1. The van der Waals surface area contributed by atoms with Gasteiger partial charge in [0.25, 0.3) is 0 Å². The molecule has 0 N–H and O–H groups in total. The highest BCUT2D eigenvalue weighted by molar-refractivity contribution is 6.03. The van der Waals surface area contributed by atoms with Crippen molar-refractivity contribution in [2.75, 3.05) is 7.11 Å². The molecule has 2 rings (SSSR count). The molecule has 1 aliphatic rings. The van der Waals surface area contributed by atoms with Crippen LogP contribution < -0.4 is 0 Å². The first-order valence-corrected chi connectivity index (χ1v) is 5.70. The number of ketones is 1. The number of ether oxygens (including phenoxy) is 1. The van der Waals surface area contributed by atoms with Crippen LogP contribution in [0, 0.1) is 6.92 Å². The molecule has 1 aliphatic carbocycles. The molecular formula is C13H17NO2. The standard InChI is InChI=1S/C13H17NO2/c1-10-5-8-14-9-11(10)12(15)13(16-2)6-3-4-7-13/h5,8-9H,3-4,6-7H2,1-2H3. The summed E-state index contributed by atoms with van der Waals surface area (Å²) in [6.45, 7) is 1.94. The van der Waals surface area contributed by atoms with Gasteiger partial charge in [-0.3, -0.25) is 9.78 Å². The zero-order valence-electron chi connectivity index (χ0n) is 9.82. The number of hydrogen-bond donors (Lipinski definition) is 0. The summed E-state index contributed by atoms with van der Waals surface area (Å²) in [5.41, 5.74) is 1.09. The number of nitrogens with zero attached hydrogens (tertiary/aromatic N) is 1. The highest BCUT2D eigenvalue weighted by Gasteiger charge is 2.42. The van der Waals surface area contributed by atoms with Crippen molar-refractivity contribution in [3.05, 3.63) is 29.6 Å². The first kappa shape index (κ1) is 11.3. The lowest BCUT2D eigenvalue weighted by molar-refractivity contribution is 0.00593. The lowest BCUT2D eigenvalue weighted by Gasteiger charge is -2.26. The van der Waals surface area contributed by atoms with Crippen LogP contribution in [-0.4, -0.2) is 23.5 Å². The van der Waals surface area contributed by atoms with E-state index in [-0.39, 0.29) is 5.78 Å². The molecule has 0 atom stereocenters. The van der Waals surface area contributed by atoms with E-state index in [1.54, 1.807) is 19.5 Å². The molecule has 16 heavy (non-hydrogen) atoms. The largest absolute Gasteiger partial charge is 0.370 e. The van der Waals surface area contributed by atoms with Gasteiger partial charge >= 0.3 is 0 Å². The van der Waals surface area contributed by atoms with E-state index in [2.05, 4.69) is 4.98 Å². The lowest BCUT2D eigenvalue weighted by atomic mass is 9.90. The number of hydrogen-bond acceptors (Lipinski definition) is 3. The summed E-state index contributed by atoms with van der Waals surface area (Å²) in [4.78, 5) is 16.5. The molecule has 0 amide bonds. The fourth-order valence-corrected chi connectivity index (χ4v) is 2.42. The van der Waals surface area contributed by atoms with Crippen molar-refractivity contribution in [2.24, 2.45) is 0 Å². The summed E-state index contributed by atoms with van der Waals surface area (Å²) >= 11 is 0. The second-order valence-corrected chi connectivity index (χ2v) is 4.43. The number of Topliss-reactive ketones (excluding diaryl/α,β-unsaturated/α-hetero) is 1. The van der Waals surface area contributed by atoms with Crippen LogP contribution in [0.5, 0.6) is 0 Å². The maximum atomic E-state index is 12.5. The number of pyridine rings is 1. The van der Waals surface area contributed by atoms with Gasteiger partial charge in [-0.25, -0.2) is 0 Å². The van der Waals surface area contributed by atoms with Gasteiger partial charge in [0.15, 0.2) is 5.78 Å². The van der Waals surface area contributed by atoms with E-state index in [4.69, 9.17) is 4.74 Å². The van der Waals surface area contributed by atoms with Crippen LogP contribution in [-0.2, 0) is 4.74 Å². The van der Waals surface area contributed by atoms with Crippen LogP contribution >= 0.6 is 0 Å². The smallest absolute Gasteiger partial charge is 0.196 e. The molecule has 1 aromatic rings. The van der Waals surface area contributed by atoms with Crippen molar-refractivity contribution >= 4 is 5.78 Å². The van der Waals surface area contributed by atoms with Gasteiger partial charge in [0, 0.05) is 25.1 Å². The Balaban J connectivity index is 2.34. The van der Waals surface area contributed by atoms with E-state index in [0.717, 1.165) is 31.2 Å². The molecule has 0 bridgehead atoms. The number of methoxy groups -OCH3 is 1. The summed E-state index contributed by atoms with van der Waals surface area (Å²) in [6, 6.07) is 1.87. The molecule has 0 spiro atoms. The molecule has 0 unspecified atom stereocenters. The van der Waals surface area contributed by atoms with E-state index in [1.165, 1.54) is 0 Å². The Labute approximate surface area is 95.8 Å². The van der Waals surface area contributed by atoms with Gasteiger partial charge in [-0.05, 0) is 44.2 Å². The molecule has 0 aromatic carbocycles. The third-order valence-electron chi connectivity index (χ3n) is 3.50. The zero-order valence-corrected chi connectivity index (χ0v) is 9.82. The summed E-state index contributed by atoms with van der Waals surface area (Å²) in [6.07, 6.45) is 7.15. The molecule has 86 valence electrons. The number of rotatable bonds is 3. The molecule has 1 fully saturated rings. The Morgan fingerprint density at radius 3 is 2.69 bits per heavy atom. The van der Waals surface area contributed by atoms with Crippen LogP contribution in [0.15, 0.2) is 18.5 Å². The molecule has 3 nitrogen and oxygen atoms in total. The van der Waals surface area contributed by atoms with Crippen LogP contribution in [0.1, 0.15) is 41.6 Å². The van der Waals surface area contributed by atoms with Gasteiger partial charge in [-0.1, -0.05) is 0 Å². The van der Waals surface area contributed by atoms with Crippen molar-refractivity contribution in [2.45, 2.75) is 38.2 Å². The first-order chi connectivity index (χ1) is 7.69. The Kier molecular flexibility index (Phi) is 3.06. The quantitative estimate of drug-likeness (QED) is 0.733. The van der Waals surface area contributed by atoms with Crippen LogP contribution in [0.2, 0.25) is 0 Å². The highest BCUT2D eigenvalue weighted by atomic mass is 16.5. The van der Waals surface area contributed by atoms with E-state index in [9.17, 15) is 4.79 Å². The van der Waals surface area contributed by atoms with Gasteiger partial charge in [-0.15, -0.1) is 0 Å². The predicted octanol–water partition coefficient (Wildman–Crippen LogP) is 2.53. The van der Waals surface area contributed by atoms with Gasteiger partial charge < -0.3 is 4.74 Å². The second-order valence-electron chi connectivity index (χ2n) is 4.43. The maximum absolute atomic E-state index is 12.5. The Bertz CT molecular complexity index is 395. The SMILES string of the molecule is COC1(C(=O)c2cnccc2C)CCCC1. The molecular weight excluding hydrogens is 202 g/mol. The minimum absolute atomic E-state index is 0.0955. The number of carbonyl (C=O) groups is 1. The Hall–Kier alpha value is -1.22. The monoisotopic (exact) mass is 219 g/mol. The summed E-state index contributed by atoms with van der Waals surface area (Å²) in [7, 11) is 1.63. The summed E-state index contributed by atoms with van der Waals surface area (Å²) in [5, 5.41) is 0. The van der Waals surface area contributed by atoms with Crippen molar-refractivity contribution < 1.29 is 9.53 Å². The average molecular weight is 219 g/mol. The van der Waals surface area contributed by atoms with Gasteiger partial charge in [0.1, 0.15) is 5.60 Å². The van der Waals surface area contributed by atoms with Crippen LogP contribution in [0.25, 0.3) is 0 Å². The van der Waals surface area contributed by atoms with Crippen molar-refractivity contribution in [3.63, 3.8) is 0 Å². The summed E-state index contributed by atoms with van der Waals surface area (Å²) in [5.74, 6) is 0.0955. The molecule has 3 heteroatoms. The molecule has 1 heterocycles. The third-order valence-corrected chi connectivity index (χ3v) is 3.50. The molecule has 1 aromatic heterocycles. The fourth-order valence-electron chi connectivity index (χ4n) is 2.42. The van der Waals surface area contributed by atoms with E-state index < -0.39 is 5.60 Å². The Morgan fingerprint density at radius 1 is 1.44 bits per heavy atom. The summed E-state index contributed by atoms with van der Waals surface area (Å²) < 4.78 is 5.49. The minimum atomic E-state index is -0.589. The molecule has 1 saturated carbocycles. The van der Waals surface area contributed by atoms with Gasteiger partial charge in [-0.2, -0.15) is 0 Å². The lowest BCUT2D eigenvalue weighted by Crippen LogP contribution is -2.38.